The number of amides is 1. The van der Waals surface area contributed by atoms with Gasteiger partial charge in [0.15, 0.2) is 5.65 Å². The molecule has 180 valence electrons. The number of H-pyrrole nitrogens is 1. The molecule has 35 heavy (non-hydrogen) atoms. The lowest BCUT2D eigenvalue weighted by molar-refractivity contribution is 0.0599. The van der Waals surface area contributed by atoms with Gasteiger partial charge >= 0.3 is 0 Å². The number of hydrogen-bond acceptors (Lipinski definition) is 7. The van der Waals surface area contributed by atoms with Gasteiger partial charge in [0.1, 0.15) is 17.2 Å². The maximum atomic E-state index is 13.5. The molecule has 2 aliphatic rings. The number of nitrogens with two attached hydrogens (primary N) is 1. The second kappa shape index (κ2) is 8.77. The Balaban J connectivity index is 1.29. The molecule has 4 aromatic rings. The summed E-state index contributed by atoms with van der Waals surface area (Å²) in [6.45, 7) is 4.47. The molecule has 0 bridgehead atoms. The smallest absolute Gasteiger partial charge is 0.272 e. The molecule has 1 amide bonds. The van der Waals surface area contributed by atoms with Gasteiger partial charge in [-0.15, -0.1) is 0 Å². The van der Waals surface area contributed by atoms with E-state index < -0.39 is 0 Å². The molecule has 6 rings (SSSR count). The number of carbonyl (C=O) groups is 1. The summed E-state index contributed by atoms with van der Waals surface area (Å²) in [5.74, 6) is 0.894. The van der Waals surface area contributed by atoms with Crippen molar-refractivity contribution in [1.29, 1.82) is 0 Å². The summed E-state index contributed by atoms with van der Waals surface area (Å²) in [4.78, 5) is 26.9. The second-order valence-electron chi connectivity index (χ2n) is 9.51. The van der Waals surface area contributed by atoms with Gasteiger partial charge < -0.3 is 15.5 Å². The van der Waals surface area contributed by atoms with E-state index >= 15 is 0 Å². The minimum absolute atomic E-state index is 0.0719. The van der Waals surface area contributed by atoms with Gasteiger partial charge in [0, 0.05) is 49.7 Å². The highest BCUT2D eigenvalue weighted by Crippen LogP contribution is 2.33. The number of piperidine rings is 1. The van der Waals surface area contributed by atoms with Crippen molar-refractivity contribution in [3.63, 3.8) is 0 Å². The molecule has 3 N–H and O–H groups in total. The summed E-state index contributed by atoms with van der Waals surface area (Å²) in [6.07, 6.45) is 7.60. The maximum absolute atomic E-state index is 13.5. The standard InChI is InChI=1S/C25H29N9O/c1-16-14-34-23(28-24(16)32-11-8-17(26)15-32)13-20(31-34)22-7-3-5-10-33(22)25(35)21-12-19(29-30-21)18-6-2-4-9-27-18/h2,4,6,9,12-14,17,22H,3,5,7-8,10-11,15,26H2,1H3,(H,29,30). The number of nitrogens with one attached hydrogen (secondary N) is 1. The minimum atomic E-state index is -0.108. The molecule has 2 saturated heterocycles. The predicted octanol–water partition coefficient (Wildman–Crippen LogP) is 2.73. The Morgan fingerprint density at radius 1 is 1.14 bits per heavy atom. The van der Waals surface area contributed by atoms with E-state index in [0.717, 1.165) is 67.2 Å². The number of aryl methyl sites for hydroxylation is 1. The van der Waals surface area contributed by atoms with E-state index in [9.17, 15) is 4.79 Å². The Bertz CT molecular complexity index is 1360. The highest BCUT2D eigenvalue weighted by atomic mass is 16.2. The zero-order chi connectivity index (χ0) is 23.9. The Kier molecular flexibility index (Phi) is 5.44. The second-order valence-corrected chi connectivity index (χ2v) is 9.51. The lowest BCUT2D eigenvalue weighted by atomic mass is 9.99. The zero-order valence-electron chi connectivity index (χ0n) is 19.8. The number of rotatable bonds is 4. The predicted molar refractivity (Wildman–Crippen MR) is 132 cm³/mol. The number of hydrogen-bond donors (Lipinski definition) is 2. The van der Waals surface area contributed by atoms with Crippen LogP contribution in [-0.2, 0) is 0 Å². The third-order valence-corrected chi connectivity index (χ3v) is 6.99. The van der Waals surface area contributed by atoms with Crippen molar-refractivity contribution in [2.75, 3.05) is 24.5 Å². The van der Waals surface area contributed by atoms with Crippen LogP contribution in [0.25, 0.3) is 17.0 Å². The summed E-state index contributed by atoms with van der Waals surface area (Å²) in [7, 11) is 0. The largest absolute Gasteiger partial charge is 0.355 e. The third kappa shape index (κ3) is 4.03. The fourth-order valence-corrected chi connectivity index (χ4v) is 5.20. The number of nitrogens with zero attached hydrogens (tertiary/aromatic N) is 7. The van der Waals surface area contributed by atoms with Crippen LogP contribution in [0.5, 0.6) is 0 Å². The van der Waals surface area contributed by atoms with Crippen LogP contribution in [0.2, 0.25) is 0 Å². The highest BCUT2D eigenvalue weighted by molar-refractivity contribution is 5.93. The van der Waals surface area contributed by atoms with E-state index in [1.807, 2.05) is 39.9 Å². The molecule has 0 saturated carbocycles. The Morgan fingerprint density at radius 3 is 2.86 bits per heavy atom. The van der Waals surface area contributed by atoms with E-state index in [2.05, 4.69) is 27.0 Å². The van der Waals surface area contributed by atoms with E-state index in [4.69, 9.17) is 15.8 Å². The summed E-state index contributed by atoms with van der Waals surface area (Å²) in [6, 6.07) is 9.51. The first kappa shape index (κ1) is 21.7. The molecular formula is C25H29N9O. The van der Waals surface area contributed by atoms with Gasteiger partial charge in [-0.2, -0.15) is 10.2 Å². The molecular weight excluding hydrogens is 442 g/mol. The van der Waals surface area contributed by atoms with Crippen LogP contribution in [0.15, 0.2) is 42.7 Å². The zero-order valence-corrected chi connectivity index (χ0v) is 19.8. The minimum Gasteiger partial charge on any atom is -0.355 e. The molecule has 10 nitrogen and oxygen atoms in total. The number of anilines is 1. The van der Waals surface area contributed by atoms with Crippen LogP contribution >= 0.6 is 0 Å². The van der Waals surface area contributed by atoms with Crippen molar-refractivity contribution in [2.45, 2.75) is 44.7 Å². The lowest BCUT2D eigenvalue weighted by Gasteiger charge is -2.34. The number of pyridine rings is 1. The first-order valence-corrected chi connectivity index (χ1v) is 12.2. The average Bonchev–Trinajstić information content (AvgIpc) is 3.63. The van der Waals surface area contributed by atoms with Crippen molar-refractivity contribution in [3.8, 4) is 11.4 Å². The Hall–Kier alpha value is -3.79. The molecule has 2 atom stereocenters. The van der Waals surface area contributed by atoms with Gasteiger partial charge in [0.2, 0.25) is 0 Å². The number of likely N-dealkylation sites (tertiary alicyclic amines) is 1. The van der Waals surface area contributed by atoms with Gasteiger partial charge in [-0.3, -0.25) is 14.9 Å². The molecule has 0 radical (unpaired) electrons. The molecule has 2 aliphatic heterocycles. The number of aromatic amines is 1. The molecule has 4 aromatic heterocycles. The van der Waals surface area contributed by atoms with E-state index in [-0.39, 0.29) is 18.0 Å². The average molecular weight is 472 g/mol. The molecule has 10 heteroatoms. The van der Waals surface area contributed by atoms with Gasteiger partial charge in [-0.05, 0) is 50.8 Å². The topological polar surface area (TPSA) is 121 Å². The van der Waals surface area contributed by atoms with Crippen molar-refractivity contribution < 1.29 is 4.79 Å². The SMILES string of the molecule is Cc1cn2nc(C3CCCCN3C(=O)c3cc(-c4ccccn4)n[nH]3)cc2nc1N1CCC(N)C1. The first-order chi connectivity index (χ1) is 17.1. The van der Waals surface area contributed by atoms with Gasteiger partial charge in [-0.1, -0.05) is 6.07 Å². The van der Waals surface area contributed by atoms with Gasteiger partial charge in [0.25, 0.3) is 5.91 Å². The van der Waals surface area contributed by atoms with E-state index in [1.165, 1.54) is 0 Å². The van der Waals surface area contributed by atoms with Crippen LogP contribution in [0.3, 0.4) is 0 Å². The van der Waals surface area contributed by atoms with Crippen molar-refractivity contribution >= 4 is 17.4 Å². The van der Waals surface area contributed by atoms with Crippen LogP contribution in [-0.4, -0.2) is 66.3 Å². The maximum Gasteiger partial charge on any atom is 0.272 e. The normalized spacial score (nSPS) is 20.6. The van der Waals surface area contributed by atoms with Crippen molar-refractivity contribution in [1.82, 2.24) is 34.7 Å². The van der Waals surface area contributed by atoms with Crippen molar-refractivity contribution in [3.05, 3.63) is 59.7 Å². The van der Waals surface area contributed by atoms with Crippen LogP contribution in [0.4, 0.5) is 5.82 Å². The van der Waals surface area contributed by atoms with E-state index in [0.29, 0.717) is 17.9 Å². The molecule has 6 heterocycles. The fraction of sp³-hybridized carbons (Fsp3) is 0.400. The van der Waals surface area contributed by atoms with Crippen LogP contribution in [0.1, 0.15) is 53.5 Å². The summed E-state index contributed by atoms with van der Waals surface area (Å²) in [5.41, 5.74) is 10.7. The summed E-state index contributed by atoms with van der Waals surface area (Å²) >= 11 is 0. The molecule has 2 unspecified atom stereocenters. The monoisotopic (exact) mass is 471 g/mol. The van der Waals surface area contributed by atoms with Crippen LogP contribution in [0, 0.1) is 6.92 Å². The molecule has 0 spiro atoms. The first-order valence-electron chi connectivity index (χ1n) is 12.2. The summed E-state index contributed by atoms with van der Waals surface area (Å²) < 4.78 is 1.83. The fourth-order valence-electron chi connectivity index (χ4n) is 5.20. The van der Waals surface area contributed by atoms with Gasteiger partial charge in [0.05, 0.1) is 17.4 Å². The van der Waals surface area contributed by atoms with Crippen molar-refractivity contribution in [2.24, 2.45) is 5.73 Å². The Labute approximate surface area is 203 Å². The van der Waals surface area contributed by atoms with Crippen LogP contribution < -0.4 is 10.6 Å². The number of aromatic nitrogens is 6. The molecule has 0 aliphatic carbocycles. The molecule has 2 fully saturated rings. The lowest BCUT2D eigenvalue weighted by Crippen LogP contribution is -2.38. The van der Waals surface area contributed by atoms with Gasteiger partial charge in [-0.25, -0.2) is 9.50 Å². The quantitative estimate of drug-likeness (QED) is 0.469. The summed E-state index contributed by atoms with van der Waals surface area (Å²) in [5, 5.41) is 12.1. The highest BCUT2D eigenvalue weighted by Gasteiger charge is 2.32. The number of carbonyl (C=O) groups excluding carboxylic acids is 1. The van der Waals surface area contributed by atoms with E-state index in [1.54, 1.807) is 12.3 Å². The number of fused-ring (bicyclic) bond motifs is 1. The third-order valence-electron chi connectivity index (χ3n) is 6.99. The molecule has 0 aromatic carbocycles. The Morgan fingerprint density at radius 2 is 2.06 bits per heavy atom.